The summed E-state index contributed by atoms with van der Waals surface area (Å²) < 4.78 is 1.89. The Kier molecular flexibility index (Phi) is 5.46. The van der Waals surface area contributed by atoms with Crippen LogP contribution in [0.15, 0.2) is 30.5 Å². The van der Waals surface area contributed by atoms with Crippen LogP contribution < -0.4 is 5.32 Å². The predicted octanol–water partition coefficient (Wildman–Crippen LogP) is 3.74. The molecule has 0 bridgehead atoms. The van der Waals surface area contributed by atoms with Crippen molar-refractivity contribution in [2.75, 3.05) is 5.32 Å². The third-order valence-corrected chi connectivity index (χ3v) is 5.44. The average molecular weight is 379 g/mol. The average Bonchev–Trinajstić information content (AvgIpc) is 3.11. The Hall–Kier alpha value is -2.82. The summed E-state index contributed by atoms with van der Waals surface area (Å²) in [5.74, 6) is 2.97. The molecular formula is C20H26BN5O2. The molecule has 1 saturated heterocycles. The van der Waals surface area contributed by atoms with Gasteiger partial charge in [0.25, 0.3) is 6.71 Å². The Bertz CT molecular complexity index is 888. The molecule has 3 heterocycles. The molecule has 3 rings (SSSR count). The number of rotatable bonds is 5. The molecule has 1 aliphatic rings. The Morgan fingerprint density at radius 2 is 2.07 bits per heavy atom. The van der Waals surface area contributed by atoms with E-state index in [2.05, 4.69) is 42.1 Å². The minimum absolute atomic E-state index is 0.0360. The Morgan fingerprint density at radius 3 is 2.68 bits per heavy atom. The van der Waals surface area contributed by atoms with E-state index in [1.807, 2.05) is 28.9 Å². The molecule has 0 radical (unpaired) electrons. The zero-order valence-corrected chi connectivity index (χ0v) is 16.6. The van der Waals surface area contributed by atoms with Gasteiger partial charge in [-0.15, -0.1) is 0 Å². The SMILES string of the molecule is CC(C)(C)n1nccc1Nc1cccc(CC2(C(=O)O)CCB(C#N)CC2)n1. The van der Waals surface area contributed by atoms with E-state index < -0.39 is 11.4 Å². The van der Waals surface area contributed by atoms with E-state index in [-0.39, 0.29) is 12.3 Å². The number of pyridine rings is 1. The molecule has 1 aliphatic heterocycles. The van der Waals surface area contributed by atoms with Gasteiger partial charge in [0.15, 0.2) is 0 Å². The molecule has 0 atom stereocenters. The van der Waals surface area contributed by atoms with Crippen LogP contribution in [0.5, 0.6) is 0 Å². The van der Waals surface area contributed by atoms with Gasteiger partial charge in [-0.25, -0.2) is 14.9 Å². The second kappa shape index (κ2) is 7.66. The Morgan fingerprint density at radius 1 is 1.36 bits per heavy atom. The number of carboxylic acid groups (broad SMARTS) is 1. The normalized spacial score (nSPS) is 16.4. The predicted molar refractivity (Wildman–Crippen MR) is 109 cm³/mol. The molecule has 146 valence electrons. The second-order valence-electron chi connectivity index (χ2n) is 8.60. The lowest BCUT2D eigenvalue weighted by atomic mass is 9.39. The Balaban J connectivity index is 1.79. The summed E-state index contributed by atoms with van der Waals surface area (Å²) >= 11 is 0. The molecular weight excluding hydrogens is 353 g/mol. The number of nitrogens with zero attached hydrogens (tertiary/aromatic N) is 4. The summed E-state index contributed by atoms with van der Waals surface area (Å²) in [6.45, 7) is 6.18. The number of hydrogen-bond acceptors (Lipinski definition) is 5. The summed E-state index contributed by atoms with van der Waals surface area (Å²) in [5.41, 5.74) is -0.271. The summed E-state index contributed by atoms with van der Waals surface area (Å²) in [4.78, 5) is 16.7. The first-order valence-corrected chi connectivity index (χ1v) is 9.64. The van der Waals surface area contributed by atoms with Crippen LogP contribution in [0.1, 0.15) is 39.3 Å². The number of aromatic nitrogens is 3. The van der Waals surface area contributed by atoms with E-state index in [4.69, 9.17) is 5.26 Å². The number of carboxylic acids is 1. The van der Waals surface area contributed by atoms with Crippen molar-refractivity contribution in [3.8, 4) is 5.97 Å². The van der Waals surface area contributed by atoms with Gasteiger partial charge in [0.2, 0.25) is 0 Å². The molecule has 2 aromatic heterocycles. The van der Waals surface area contributed by atoms with Crippen molar-refractivity contribution >= 4 is 24.3 Å². The summed E-state index contributed by atoms with van der Waals surface area (Å²) in [5, 5.41) is 26.6. The maximum Gasteiger partial charge on any atom is 0.309 e. The van der Waals surface area contributed by atoms with Gasteiger partial charge in [0.05, 0.1) is 17.2 Å². The first kappa shape index (κ1) is 19.9. The fourth-order valence-corrected chi connectivity index (χ4v) is 3.82. The van der Waals surface area contributed by atoms with Crippen LogP contribution in [0, 0.1) is 16.6 Å². The van der Waals surface area contributed by atoms with Crippen LogP contribution in [0.25, 0.3) is 0 Å². The monoisotopic (exact) mass is 379 g/mol. The lowest BCUT2D eigenvalue weighted by Gasteiger charge is -2.33. The van der Waals surface area contributed by atoms with Gasteiger partial charge in [-0.2, -0.15) is 5.10 Å². The number of nitrogens with one attached hydrogen (secondary N) is 1. The molecule has 2 aromatic rings. The summed E-state index contributed by atoms with van der Waals surface area (Å²) in [6, 6.07) is 7.51. The maximum atomic E-state index is 12.0. The molecule has 2 N–H and O–H groups in total. The van der Waals surface area contributed by atoms with Crippen LogP contribution in [0.4, 0.5) is 11.6 Å². The van der Waals surface area contributed by atoms with E-state index in [9.17, 15) is 9.90 Å². The topological polar surface area (TPSA) is 104 Å². The second-order valence-corrected chi connectivity index (χ2v) is 8.60. The van der Waals surface area contributed by atoms with E-state index in [0.29, 0.717) is 37.7 Å². The molecule has 0 amide bonds. The molecule has 0 unspecified atom stereocenters. The minimum atomic E-state index is -0.841. The highest BCUT2D eigenvalue weighted by atomic mass is 16.4. The number of nitriles is 1. The number of hydrogen-bond donors (Lipinski definition) is 2. The molecule has 7 nitrogen and oxygen atoms in total. The quantitative estimate of drug-likeness (QED) is 0.767. The number of anilines is 2. The smallest absolute Gasteiger partial charge is 0.309 e. The Labute approximate surface area is 165 Å². The third-order valence-electron chi connectivity index (χ3n) is 5.44. The zero-order valence-electron chi connectivity index (χ0n) is 16.6. The first-order chi connectivity index (χ1) is 13.2. The third kappa shape index (κ3) is 4.19. The van der Waals surface area contributed by atoms with Crippen molar-refractivity contribution in [1.29, 1.82) is 5.26 Å². The molecule has 0 saturated carbocycles. The molecule has 8 heteroatoms. The lowest BCUT2D eigenvalue weighted by molar-refractivity contribution is -0.149. The molecule has 28 heavy (non-hydrogen) atoms. The number of carbonyl (C=O) groups is 1. The van der Waals surface area contributed by atoms with Gasteiger partial charge in [-0.05, 0) is 45.7 Å². The van der Waals surface area contributed by atoms with Gasteiger partial charge in [-0.1, -0.05) is 18.7 Å². The highest BCUT2D eigenvalue weighted by molar-refractivity contribution is 6.67. The van der Waals surface area contributed by atoms with Crippen molar-refractivity contribution in [3.05, 3.63) is 36.2 Å². The summed E-state index contributed by atoms with van der Waals surface area (Å²) in [7, 11) is 0. The van der Waals surface area contributed by atoms with E-state index in [1.54, 1.807) is 6.20 Å². The molecule has 0 aromatic carbocycles. The van der Waals surface area contributed by atoms with Crippen LogP contribution >= 0.6 is 0 Å². The largest absolute Gasteiger partial charge is 0.481 e. The highest BCUT2D eigenvalue weighted by Crippen LogP contribution is 2.40. The maximum absolute atomic E-state index is 12.0. The van der Waals surface area contributed by atoms with Gasteiger partial charge in [0.1, 0.15) is 11.6 Å². The molecule has 1 fully saturated rings. The van der Waals surface area contributed by atoms with Crippen molar-refractivity contribution < 1.29 is 9.90 Å². The van der Waals surface area contributed by atoms with E-state index in [1.165, 1.54) is 0 Å². The number of aliphatic carboxylic acids is 1. The minimum Gasteiger partial charge on any atom is -0.481 e. The highest BCUT2D eigenvalue weighted by Gasteiger charge is 2.43. The van der Waals surface area contributed by atoms with Gasteiger partial charge < -0.3 is 10.4 Å². The van der Waals surface area contributed by atoms with Crippen LogP contribution in [0.3, 0.4) is 0 Å². The van der Waals surface area contributed by atoms with Gasteiger partial charge >= 0.3 is 5.97 Å². The fraction of sp³-hybridized carbons (Fsp3) is 0.500. The van der Waals surface area contributed by atoms with Gasteiger partial charge in [-0.3, -0.25) is 4.79 Å². The first-order valence-electron chi connectivity index (χ1n) is 9.64. The van der Waals surface area contributed by atoms with Crippen molar-refractivity contribution in [2.24, 2.45) is 5.41 Å². The fourth-order valence-electron chi connectivity index (χ4n) is 3.82. The van der Waals surface area contributed by atoms with Crippen LogP contribution in [-0.4, -0.2) is 32.6 Å². The van der Waals surface area contributed by atoms with E-state index >= 15 is 0 Å². The van der Waals surface area contributed by atoms with E-state index in [0.717, 1.165) is 11.5 Å². The molecule has 0 aliphatic carbocycles. The standard InChI is InChI=1S/C20H26BN5O2/c1-19(2,3)26-17(7-12-23-26)25-16-6-4-5-15(24-16)13-20(18(27)28)8-10-21(14-22)11-9-20/h4-7,12H,8-11,13H2,1-3H3,(H,24,25)(H,27,28). The zero-order chi connectivity index (χ0) is 20.4. The van der Waals surface area contributed by atoms with Crippen LogP contribution in [-0.2, 0) is 16.8 Å². The summed E-state index contributed by atoms with van der Waals surface area (Å²) in [6.07, 6.45) is 4.39. The van der Waals surface area contributed by atoms with Crippen molar-refractivity contribution in [1.82, 2.24) is 14.8 Å². The van der Waals surface area contributed by atoms with Gasteiger partial charge in [0, 0.05) is 24.1 Å². The molecule has 0 spiro atoms. The van der Waals surface area contributed by atoms with Crippen molar-refractivity contribution in [3.63, 3.8) is 0 Å². The van der Waals surface area contributed by atoms with Crippen LogP contribution in [0.2, 0.25) is 12.6 Å². The lowest BCUT2D eigenvalue weighted by Crippen LogP contribution is -2.39. The van der Waals surface area contributed by atoms with Crippen molar-refractivity contribution in [2.45, 2.75) is 58.2 Å².